The zero-order chi connectivity index (χ0) is 13.0. The van der Waals surface area contributed by atoms with Crippen LogP contribution in [0.2, 0.25) is 0 Å². The Morgan fingerprint density at radius 3 is 2.89 bits per heavy atom. The number of nitrogens with two attached hydrogens (primary N) is 1. The van der Waals surface area contributed by atoms with Crippen molar-refractivity contribution in [3.05, 3.63) is 18.2 Å². The van der Waals surface area contributed by atoms with E-state index in [4.69, 9.17) is 19.9 Å². The van der Waals surface area contributed by atoms with Gasteiger partial charge in [-0.25, -0.2) is 0 Å². The number of benzene rings is 1. The normalized spacial score (nSPS) is 15.0. The van der Waals surface area contributed by atoms with Crippen LogP contribution in [0.1, 0.15) is 0 Å². The van der Waals surface area contributed by atoms with Crippen molar-refractivity contribution in [3.63, 3.8) is 0 Å². The molecule has 1 atom stereocenters. The number of carbonyl (C=O) groups excluding carboxylic acids is 1. The van der Waals surface area contributed by atoms with Crippen LogP contribution in [0.15, 0.2) is 18.2 Å². The van der Waals surface area contributed by atoms with E-state index >= 15 is 0 Å². The minimum atomic E-state index is -0.691. The maximum atomic E-state index is 11.7. The van der Waals surface area contributed by atoms with Crippen LogP contribution in [0, 0.1) is 0 Å². The smallest absolute Gasteiger partial charge is 0.243 e. The average Bonchev–Trinajstić information content (AvgIpc) is 2.39. The number of anilines is 1. The molecule has 1 aromatic carbocycles. The first kappa shape index (κ1) is 12.7. The lowest BCUT2D eigenvalue weighted by molar-refractivity contribution is -0.118. The van der Waals surface area contributed by atoms with Gasteiger partial charge in [-0.15, -0.1) is 0 Å². The molecule has 1 amide bonds. The molecular formula is C12H16N2O4. The van der Waals surface area contributed by atoms with Crippen molar-refractivity contribution in [2.45, 2.75) is 6.04 Å². The topological polar surface area (TPSA) is 82.8 Å². The largest absolute Gasteiger partial charge is 0.486 e. The highest BCUT2D eigenvalue weighted by Gasteiger charge is 2.16. The number of fused-ring (bicyclic) bond motifs is 1. The number of nitrogens with one attached hydrogen (secondary N) is 1. The number of methoxy groups -OCH3 is 1. The van der Waals surface area contributed by atoms with Gasteiger partial charge in [0.2, 0.25) is 5.91 Å². The maximum absolute atomic E-state index is 11.7. The molecule has 98 valence electrons. The summed E-state index contributed by atoms with van der Waals surface area (Å²) in [6.45, 7) is 1.22. The van der Waals surface area contributed by atoms with E-state index in [0.29, 0.717) is 30.4 Å². The molecule has 0 aromatic heterocycles. The molecule has 6 nitrogen and oxygen atoms in total. The lowest BCUT2D eigenvalue weighted by Crippen LogP contribution is -2.39. The lowest BCUT2D eigenvalue weighted by Gasteiger charge is -2.19. The van der Waals surface area contributed by atoms with Gasteiger partial charge in [-0.2, -0.15) is 0 Å². The van der Waals surface area contributed by atoms with Crippen molar-refractivity contribution in [3.8, 4) is 11.5 Å². The van der Waals surface area contributed by atoms with E-state index in [1.54, 1.807) is 18.2 Å². The summed E-state index contributed by atoms with van der Waals surface area (Å²) in [7, 11) is 1.50. The Morgan fingerprint density at radius 2 is 2.17 bits per heavy atom. The third-order valence-corrected chi connectivity index (χ3v) is 2.49. The van der Waals surface area contributed by atoms with Crippen molar-refractivity contribution in [2.24, 2.45) is 5.73 Å². The van der Waals surface area contributed by atoms with Crippen molar-refractivity contribution in [1.29, 1.82) is 0 Å². The number of amides is 1. The zero-order valence-corrected chi connectivity index (χ0v) is 10.1. The van der Waals surface area contributed by atoms with E-state index in [-0.39, 0.29) is 12.5 Å². The molecule has 0 saturated heterocycles. The average molecular weight is 252 g/mol. The second-order valence-corrected chi connectivity index (χ2v) is 3.91. The van der Waals surface area contributed by atoms with Gasteiger partial charge in [0.25, 0.3) is 0 Å². The Hall–Kier alpha value is -1.79. The maximum Gasteiger partial charge on any atom is 0.243 e. The van der Waals surface area contributed by atoms with Crippen molar-refractivity contribution < 1.29 is 19.0 Å². The van der Waals surface area contributed by atoms with E-state index in [9.17, 15) is 4.79 Å². The van der Waals surface area contributed by atoms with Crippen molar-refractivity contribution >= 4 is 11.6 Å². The summed E-state index contributed by atoms with van der Waals surface area (Å²) >= 11 is 0. The van der Waals surface area contributed by atoms with Crippen LogP contribution in [-0.2, 0) is 9.53 Å². The number of rotatable bonds is 4. The molecule has 0 saturated carbocycles. The van der Waals surface area contributed by atoms with Gasteiger partial charge in [0.05, 0.1) is 6.61 Å². The summed E-state index contributed by atoms with van der Waals surface area (Å²) in [4.78, 5) is 11.7. The fourth-order valence-electron chi connectivity index (χ4n) is 1.61. The first-order valence-corrected chi connectivity index (χ1v) is 5.65. The summed E-state index contributed by atoms with van der Waals surface area (Å²) in [6.07, 6.45) is 0. The molecular weight excluding hydrogens is 236 g/mol. The minimum Gasteiger partial charge on any atom is -0.486 e. The van der Waals surface area contributed by atoms with Crippen LogP contribution in [0.25, 0.3) is 0 Å². The zero-order valence-electron chi connectivity index (χ0n) is 10.1. The Labute approximate surface area is 105 Å². The fraction of sp³-hybridized carbons (Fsp3) is 0.417. The number of hydrogen-bond acceptors (Lipinski definition) is 5. The van der Waals surface area contributed by atoms with Crippen molar-refractivity contribution in [2.75, 3.05) is 32.2 Å². The van der Waals surface area contributed by atoms with Gasteiger partial charge < -0.3 is 25.3 Å². The van der Waals surface area contributed by atoms with Gasteiger partial charge in [-0.05, 0) is 12.1 Å². The highest BCUT2D eigenvalue weighted by Crippen LogP contribution is 2.32. The van der Waals surface area contributed by atoms with E-state index in [2.05, 4.69) is 5.32 Å². The third-order valence-electron chi connectivity index (χ3n) is 2.49. The van der Waals surface area contributed by atoms with Gasteiger partial charge in [-0.1, -0.05) is 0 Å². The van der Waals surface area contributed by atoms with E-state index < -0.39 is 6.04 Å². The summed E-state index contributed by atoms with van der Waals surface area (Å²) in [5, 5.41) is 2.70. The Kier molecular flexibility index (Phi) is 4.01. The molecule has 18 heavy (non-hydrogen) atoms. The van der Waals surface area contributed by atoms with Gasteiger partial charge in [-0.3, -0.25) is 4.79 Å². The van der Waals surface area contributed by atoms with Crippen LogP contribution in [-0.4, -0.2) is 38.9 Å². The molecule has 1 unspecified atom stereocenters. The van der Waals surface area contributed by atoms with Gasteiger partial charge in [0.1, 0.15) is 19.3 Å². The SMILES string of the molecule is COCC(N)C(=O)Nc1ccc2c(c1)OCCO2. The molecule has 0 spiro atoms. The molecule has 0 aliphatic carbocycles. The molecule has 0 radical (unpaired) electrons. The van der Waals surface area contributed by atoms with Crippen LogP contribution in [0.3, 0.4) is 0 Å². The van der Waals surface area contributed by atoms with Gasteiger partial charge >= 0.3 is 0 Å². The lowest BCUT2D eigenvalue weighted by atomic mass is 10.2. The van der Waals surface area contributed by atoms with Gasteiger partial charge in [0.15, 0.2) is 11.5 Å². The van der Waals surface area contributed by atoms with Gasteiger partial charge in [0, 0.05) is 18.9 Å². The van der Waals surface area contributed by atoms with E-state index in [0.717, 1.165) is 0 Å². The number of ether oxygens (including phenoxy) is 3. The van der Waals surface area contributed by atoms with E-state index in [1.165, 1.54) is 7.11 Å². The number of hydrogen-bond donors (Lipinski definition) is 2. The first-order chi connectivity index (χ1) is 8.70. The molecule has 3 N–H and O–H groups in total. The third kappa shape index (κ3) is 2.91. The fourth-order valence-corrected chi connectivity index (χ4v) is 1.61. The Balaban J connectivity index is 2.03. The molecule has 6 heteroatoms. The monoisotopic (exact) mass is 252 g/mol. The predicted molar refractivity (Wildman–Crippen MR) is 65.9 cm³/mol. The standard InChI is InChI=1S/C12H16N2O4/c1-16-7-9(13)12(15)14-8-2-3-10-11(6-8)18-5-4-17-10/h2-3,6,9H,4-5,7,13H2,1H3,(H,14,15). The van der Waals surface area contributed by atoms with Crippen LogP contribution in [0.5, 0.6) is 11.5 Å². The minimum absolute atomic E-state index is 0.177. The highest BCUT2D eigenvalue weighted by atomic mass is 16.6. The molecule has 1 aliphatic rings. The summed E-state index contributed by atoms with van der Waals surface area (Å²) in [5.74, 6) is 1.01. The van der Waals surface area contributed by atoms with E-state index in [1.807, 2.05) is 0 Å². The Bertz CT molecular complexity index is 436. The first-order valence-electron chi connectivity index (χ1n) is 5.65. The van der Waals surface area contributed by atoms with Crippen LogP contribution >= 0.6 is 0 Å². The predicted octanol–water partition coefficient (Wildman–Crippen LogP) is 0.370. The molecule has 0 bridgehead atoms. The van der Waals surface area contributed by atoms with Crippen LogP contribution < -0.4 is 20.5 Å². The summed E-state index contributed by atoms with van der Waals surface area (Å²) in [6, 6.07) is 4.52. The van der Waals surface area contributed by atoms with Crippen molar-refractivity contribution in [1.82, 2.24) is 0 Å². The second-order valence-electron chi connectivity index (χ2n) is 3.91. The molecule has 1 aromatic rings. The quantitative estimate of drug-likeness (QED) is 0.809. The molecule has 0 fully saturated rings. The molecule has 1 aliphatic heterocycles. The number of carbonyl (C=O) groups is 1. The second kappa shape index (κ2) is 5.70. The highest BCUT2D eigenvalue weighted by molar-refractivity contribution is 5.95. The molecule has 2 rings (SSSR count). The summed E-state index contributed by atoms with van der Waals surface area (Å²) < 4.78 is 15.6. The molecule has 1 heterocycles. The Morgan fingerprint density at radius 1 is 1.44 bits per heavy atom. The van der Waals surface area contributed by atoms with Crippen LogP contribution in [0.4, 0.5) is 5.69 Å². The summed E-state index contributed by atoms with van der Waals surface area (Å²) in [5.41, 5.74) is 6.24.